The first-order valence-corrected chi connectivity index (χ1v) is 8.71. The normalized spacial score (nSPS) is 13.9. The number of nitrogens with two attached hydrogens (primary N) is 1. The van der Waals surface area contributed by atoms with Gasteiger partial charge in [-0.25, -0.2) is 13.1 Å². The third-order valence-electron chi connectivity index (χ3n) is 3.43. The summed E-state index contributed by atoms with van der Waals surface area (Å²) in [6.45, 7) is 6.61. The first kappa shape index (κ1) is 17.9. The topological polar surface area (TPSA) is 75.4 Å². The van der Waals surface area contributed by atoms with E-state index in [0.29, 0.717) is 18.7 Å². The molecule has 0 fully saturated rings. The second-order valence-corrected chi connectivity index (χ2v) is 7.64. The van der Waals surface area contributed by atoms with Crippen molar-refractivity contribution in [2.45, 2.75) is 38.1 Å². The van der Waals surface area contributed by atoms with Gasteiger partial charge in [-0.3, -0.25) is 0 Å². The van der Waals surface area contributed by atoms with Gasteiger partial charge in [-0.1, -0.05) is 26.8 Å². The van der Waals surface area contributed by atoms with Crippen LogP contribution in [-0.4, -0.2) is 40.0 Å². The van der Waals surface area contributed by atoms with Crippen molar-refractivity contribution in [2.24, 2.45) is 5.92 Å². The Balaban J connectivity index is 3.13. The summed E-state index contributed by atoms with van der Waals surface area (Å²) in [4.78, 5) is 2.27. The number of nitrogens with zero attached hydrogens (tertiary/aromatic N) is 1. The molecule has 0 aliphatic heterocycles. The Labute approximate surface area is 128 Å². The molecule has 0 amide bonds. The van der Waals surface area contributed by atoms with Crippen LogP contribution in [0.3, 0.4) is 0 Å². The van der Waals surface area contributed by atoms with E-state index in [-0.39, 0.29) is 16.9 Å². The molecule has 1 atom stereocenters. The van der Waals surface area contributed by atoms with Crippen molar-refractivity contribution >= 4 is 15.7 Å². The van der Waals surface area contributed by atoms with Gasteiger partial charge in [0.2, 0.25) is 10.0 Å². The van der Waals surface area contributed by atoms with Crippen LogP contribution in [-0.2, 0) is 16.4 Å². The number of benzene rings is 1. The van der Waals surface area contributed by atoms with Crippen LogP contribution in [0.2, 0.25) is 0 Å². The molecule has 0 bridgehead atoms. The molecule has 21 heavy (non-hydrogen) atoms. The van der Waals surface area contributed by atoms with E-state index in [1.54, 1.807) is 12.1 Å². The zero-order chi connectivity index (χ0) is 16.2. The fourth-order valence-corrected chi connectivity index (χ4v) is 3.87. The van der Waals surface area contributed by atoms with E-state index < -0.39 is 10.0 Å². The molecule has 0 aliphatic carbocycles. The van der Waals surface area contributed by atoms with Crippen LogP contribution >= 0.6 is 0 Å². The Bertz CT molecular complexity index is 568. The highest BCUT2D eigenvalue weighted by atomic mass is 32.2. The van der Waals surface area contributed by atoms with Gasteiger partial charge >= 0.3 is 0 Å². The molecule has 0 spiro atoms. The molecule has 1 aromatic rings. The predicted octanol–water partition coefficient (Wildman–Crippen LogP) is 1.70. The Kier molecular flexibility index (Phi) is 6.19. The SMILES string of the molecule is CCc1ccc(N)cc1S(=O)(=O)NC(CN(C)C)C(C)C. The van der Waals surface area contributed by atoms with Gasteiger partial charge < -0.3 is 10.6 Å². The lowest BCUT2D eigenvalue weighted by Crippen LogP contribution is -2.45. The van der Waals surface area contributed by atoms with E-state index in [1.165, 1.54) is 6.07 Å². The predicted molar refractivity (Wildman–Crippen MR) is 87.7 cm³/mol. The number of nitrogen functional groups attached to an aromatic ring is 1. The molecule has 3 N–H and O–H groups in total. The second-order valence-electron chi connectivity index (χ2n) is 5.95. The lowest BCUT2D eigenvalue weighted by atomic mass is 10.1. The molecule has 1 aromatic carbocycles. The zero-order valence-electron chi connectivity index (χ0n) is 13.6. The average Bonchev–Trinajstić information content (AvgIpc) is 2.37. The lowest BCUT2D eigenvalue weighted by molar-refractivity contribution is 0.314. The Morgan fingerprint density at radius 1 is 1.29 bits per heavy atom. The van der Waals surface area contributed by atoms with Gasteiger partial charge in [0.05, 0.1) is 4.90 Å². The minimum Gasteiger partial charge on any atom is -0.399 e. The van der Waals surface area contributed by atoms with Crippen molar-refractivity contribution in [3.05, 3.63) is 23.8 Å². The Hall–Kier alpha value is -1.11. The number of nitrogens with one attached hydrogen (secondary N) is 1. The van der Waals surface area contributed by atoms with Crippen molar-refractivity contribution in [1.82, 2.24) is 9.62 Å². The molecule has 0 saturated carbocycles. The number of rotatable bonds is 7. The van der Waals surface area contributed by atoms with Crippen LogP contribution < -0.4 is 10.5 Å². The number of aryl methyl sites for hydroxylation is 1. The molecular formula is C15H27N3O2S. The van der Waals surface area contributed by atoms with Crippen LogP contribution in [0.15, 0.2) is 23.1 Å². The van der Waals surface area contributed by atoms with Crippen LogP contribution in [0.4, 0.5) is 5.69 Å². The average molecular weight is 313 g/mol. The first-order valence-electron chi connectivity index (χ1n) is 7.22. The quantitative estimate of drug-likeness (QED) is 0.751. The highest BCUT2D eigenvalue weighted by molar-refractivity contribution is 7.89. The zero-order valence-corrected chi connectivity index (χ0v) is 14.4. The summed E-state index contributed by atoms with van der Waals surface area (Å²) >= 11 is 0. The molecule has 0 saturated heterocycles. The summed E-state index contributed by atoms with van der Waals surface area (Å²) in [5.41, 5.74) is 6.99. The third kappa shape index (κ3) is 4.98. The standard InChI is InChI=1S/C15H27N3O2S/c1-6-12-7-8-13(16)9-15(12)21(19,20)17-14(11(2)3)10-18(4)5/h7-9,11,14,17H,6,10,16H2,1-5H3. The highest BCUT2D eigenvalue weighted by Gasteiger charge is 2.24. The van der Waals surface area contributed by atoms with Crippen molar-refractivity contribution < 1.29 is 8.42 Å². The van der Waals surface area contributed by atoms with Crippen molar-refractivity contribution in [1.29, 1.82) is 0 Å². The monoisotopic (exact) mass is 313 g/mol. The summed E-state index contributed by atoms with van der Waals surface area (Å²) in [5.74, 6) is 0.202. The summed E-state index contributed by atoms with van der Waals surface area (Å²) in [7, 11) is 0.292. The summed E-state index contributed by atoms with van der Waals surface area (Å²) in [6.07, 6.45) is 0.649. The molecule has 0 radical (unpaired) electrons. The number of anilines is 1. The van der Waals surface area contributed by atoms with Crippen molar-refractivity contribution in [3.8, 4) is 0 Å². The van der Waals surface area contributed by atoms with Gasteiger partial charge in [-0.05, 0) is 44.1 Å². The van der Waals surface area contributed by atoms with Gasteiger partial charge in [0.1, 0.15) is 0 Å². The molecule has 0 heterocycles. The molecule has 5 nitrogen and oxygen atoms in total. The van der Waals surface area contributed by atoms with E-state index in [4.69, 9.17) is 5.73 Å². The third-order valence-corrected chi connectivity index (χ3v) is 5.01. The van der Waals surface area contributed by atoms with E-state index >= 15 is 0 Å². The lowest BCUT2D eigenvalue weighted by Gasteiger charge is -2.26. The fourth-order valence-electron chi connectivity index (χ4n) is 2.15. The maximum Gasteiger partial charge on any atom is 0.241 e. The smallest absolute Gasteiger partial charge is 0.241 e. The van der Waals surface area contributed by atoms with Gasteiger partial charge in [0.15, 0.2) is 0 Å². The van der Waals surface area contributed by atoms with E-state index in [0.717, 1.165) is 5.56 Å². The van der Waals surface area contributed by atoms with Gasteiger partial charge in [0.25, 0.3) is 0 Å². The Morgan fingerprint density at radius 2 is 1.90 bits per heavy atom. The van der Waals surface area contributed by atoms with Gasteiger partial charge in [-0.2, -0.15) is 0 Å². The summed E-state index contributed by atoms with van der Waals surface area (Å²) < 4.78 is 28.2. The molecular weight excluding hydrogens is 286 g/mol. The van der Waals surface area contributed by atoms with Crippen LogP contribution in [0.25, 0.3) is 0 Å². The van der Waals surface area contributed by atoms with Crippen molar-refractivity contribution in [3.63, 3.8) is 0 Å². The highest BCUT2D eigenvalue weighted by Crippen LogP contribution is 2.20. The van der Waals surface area contributed by atoms with Crippen LogP contribution in [0, 0.1) is 5.92 Å². The molecule has 120 valence electrons. The maximum absolute atomic E-state index is 12.7. The van der Waals surface area contributed by atoms with Crippen LogP contribution in [0.5, 0.6) is 0 Å². The largest absolute Gasteiger partial charge is 0.399 e. The van der Waals surface area contributed by atoms with Gasteiger partial charge in [-0.15, -0.1) is 0 Å². The Morgan fingerprint density at radius 3 is 2.38 bits per heavy atom. The minimum atomic E-state index is -3.57. The number of sulfonamides is 1. The molecule has 6 heteroatoms. The number of hydrogen-bond acceptors (Lipinski definition) is 4. The molecule has 1 unspecified atom stereocenters. The summed E-state index contributed by atoms with van der Waals surface area (Å²) in [5, 5.41) is 0. The van der Waals surface area contributed by atoms with E-state index in [9.17, 15) is 8.42 Å². The van der Waals surface area contributed by atoms with E-state index in [1.807, 2.05) is 39.8 Å². The van der Waals surface area contributed by atoms with E-state index in [2.05, 4.69) is 4.72 Å². The van der Waals surface area contributed by atoms with Crippen LogP contribution in [0.1, 0.15) is 26.3 Å². The van der Waals surface area contributed by atoms with Crippen molar-refractivity contribution in [2.75, 3.05) is 26.4 Å². The number of hydrogen-bond donors (Lipinski definition) is 2. The summed E-state index contributed by atoms with van der Waals surface area (Å²) in [6, 6.07) is 4.91. The second kappa shape index (κ2) is 7.24. The minimum absolute atomic E-state index is 0.142. The molecule has 0 aromatic heterocycles. The number of likely N-dealkylation sites (N-methyl/N-ethyl adjacent to an activating group) is 1. The molecule has 1 rings (SSSR count). The first-order chi connectivity index (χ1) is 9.67. The van der Waals surface area contributed by atoms with Gasteiger partial charge in [0, 0.05) is 18.3 Å². The molecule has 0 aliphatic rings. The maximum atomic E-state index is 12.7. The fraction of sp³-hybridized carbons (Fsp3) is 0.600.